The van der Waals surface area contributed by atoms with E-state index in [0.717, 1.165) is 64.0 Å². The molecule has 0 unspecified atom stereocenters. The van der Waals surface area contributed by atoms with E-state index in [9.17, 15) is 13.2 Å². The van der Waals surface area contributed by atoms with Crippen molar-refractivity contribution in [2.75, 3.05) is 50.7 Å². The Morgan fingerprint density at radius 2 is 1.83 bits per heavy atom. The molecule has 2 fully saturated rings. The Balaban J connectivity index is 1.56. The fourth-order valence-corrected chi connectivity index (χ4v) is 3.68. The number of nitrogens with one attached hydrogen (secondary N) is 1. The highest BCUT2D eigenvalue weighted by Gasteiger charge is 2.32. The zero-order valence-corrected chi connectivity index (χ0v) is 14.2. The van der Waals surface area contributed by atoms with Crippen LogP contribution >= 0.6 is 11.6 Å². The van der Waals surface area contributed by atoms with Crippen LogP contribution < -0.4 is 10.2 Å². The molecule has 4 nitrogen and oxygen atoms in total. The second-order valence-corrected chi connectivity index (χ2v) is 6.92. The smallest absolute Gasteiger partial charge is 0.353 e. The minimum Gasteiger partial charge on any atom is -0.353 e. The third-order valence-corrected chi connectivity index (χ3v) is 5.07. The number of halogens is 4. The summed E-state index contributed by atoms with van der Waals surface area (Å²) >= 11 is 6.04. The van der Waals surface area contributed by atoms with E-state index in [4.69, 9.17) is 11.6 Å². The Hall–Kier alpha value is -1.05. The molecule has 0 radical (unpaired) electrons. The van der Waals surface area contributed by atoms with E-state index in [0.29, 0.717) is 5.82 Å². The number of pyridine rings is 1. The lowest BCUT2D eigenvalue weighted by Gasteiger charge is -2.38. The lowest BCUT2D eigenvalue weighted by Crippen LogP contribution is -2.49. The Morgan fingerprint density at radius 1 is 1.17 bits per heavy atom. The summed E-state index contributed by atoms with van der Waals surface area (Å²) < 4.78 is 38.1. The van der Waals surface area contributed by atoms with Crippen LogP contribution in [0.5, 0.6) is 0 Å². The second kappa shape index (κ2) is 7.45. The molecule has 8 heteroatoms. The van der Waals surface area contributed by atoms with Crippen LogP contribution in [-0.4, -0.2) is 55.7 Å². The van der Waals surface area contributed by atoms with Gasteiger partial charge in [0.1, 0.15) is 5.82 Å². The lowest BCUT2D eigenvalue weighted by atomic mass is 9.97. The summed E-state index contributed by atoms with van der Waals surface area (Å²) in [5, 5.41) is 3.44. The molecule has 0 aliphatic carbocycles. The highest BCUT2D eigenvalue weighted by molar-refractivity contribution is 6.33. The Labute approximate surface area is 145 Å². The molecule has 1 aromatic heterocycles. The van der Waals surface area contributed by atoms with Crippen LogP contribution in [0.4, 0.5) is 19.0 Å². The average Bonchev–Trinajstić information content (AvgIpc) is 2.56. The number of piperidine rings is 1. The van der Waals surface area contributed by atoms with Gasteiger partial charge in [0.05, 0.1) is 10.6 Å². The van der Waals surface area contributed by atoms with E-state index in [1.54, 1.807) is 0 Å². The molecule has 0 aromatic carbocycles. The number of hydrogen-bond acceptors (Lipinski definition) is 4. The third-order valence-electron chi connectivity index (χ3n) is 4.80. The van der Waals surface area contributed by atoms with Gasteiger partial charge in [-0.2, -0.15) is 13.2 Å². The van der Waals surface area contributed by atoms with Crippen LogP contribution in [0.3, 0.4) is 0 Å². The van der Waals surface area contributed by atoms with Crippen LogP contribution in [0.1, 0.15) is 18.4 Å². The Bertz CT molecular complexity index is 553. The summed E-state index contributed by atoms with van der Waals surface area (Å²) in [5.41, 5.74) is -0.805. The van der Waals surface area contributed by atoms with E-state index in [2.05, 4.69) is 15.2 Å². The van der Waals surface area contributed by atoms with E-state index in [1.165, 1.54) is 12.8 Å². The average molecular weight is 363 g/mol. The molecule has 0 atom stereocenters. The van der Waals surface area contributed by atoms with Gasteiger partial charge in [-0.25, -0.2) is 4.98 Å². The number of hydrogen-bond donors (Lipinski definition) is 1. The molecular formula is C16H22ClF3N4. The standard InChI is InChI=1S/C16H22ClF3N4/c17-14-9-13(16(18,19)20)10-22-15(14)24-7-5-23(6-8-24)11-12-1-3-21-4-2-12/h9-10,12,21H,1-8,11H2. The minimum atomic E-state index is -4.41. The first-order valence-corrected chi connectivity index (χ1v) is 8.72. The first-order chi connectivity index (χ1) is 11.4. The number of piperazine rings is 1. The zero-order chi connectivity index (χ0) is 17.2. The van der Waals surface area contributed by atoms with Crippen molar-refractivity contribution in [3.05, 3.63) is 22.8 Å². The van der Waals surface area contributed by atoms with Crippen LogP contribution in [0.15, 0.2) is 12.3 Å². The van der Waals surface area contributed by atoms with E-state index in [1.807, 2.05) is 4.90 Å². The number of anilines is 1. The maximum atomic E-state index is 12.7. The van der Waals surface area contributed by atoms with Gasteiger partial charge in [-0.05, 0) is 37.9 Å². The van der Waals surface area contributed by atoms with Crippen molar-refractivity contribution in [3.63, 3.8) is 0 Å². The normalized spacial score (nSPS) is 21.2. The molecule has 0 spiro atoms. The molecule has 24 heavy (non-hydrogen) atoms. The maximum Gasteiger partial charge on any atom is 0.417 e. The SMILES string of the molecule is FC(F)(F)c1cnc(N2CCN(CC3CCNCC3)CC2)c(Cl)c1. The molecule has 3 rings (SSSR count). The second-order valence-electron chi connectivity index (χ2n) is 6.51. The molecule has 1 aromatic rings. The summed E-state index contributed by atoms with van der Waals surface area (Å²) in [6, 6.07) is 0.964. The molecular weight excluding hydrogens is 341 g/mol. The fourth-order valence-electron chi connectivity index (χ4n) is 3.39. The monoisotopic (exact) mass is 362 g/mol. The molecule has 0 bridgehead atoms. The van der Waals surface area contributed by atoms with Crippen molar-refractivity contribution in [2.45, 2.75) is 19.0 Å². The van der Waals surface area contributed by atoms with Gasteiger partial charge in [0.2, 0.25) is 0 Å². The first-order valence-electron chi connectivity index (χ1n) is 8.34. The molecule has 2 saturated heterocycles. The van der Waals surface area contributed by atoms with Crippen molar-refractivity contribution in [1.29, 1.82) is 0 Å². The van der Waals surface area contributed by atoms with Crippen molar-refractivity contribution in [3.8, 4) is 0 Å². The zero-order valence-electron chi connectivity index (χ0n) is 13.4. The van der Waals surface area contributed by atoms with Crippen LogP contribution in [-0.2, 0) is 6.18 Å². The number of nitrogens with zero attached hydrogens (tertiary/aromatic N) is 3. The number of rotatable bonds is 3. The summed E-state index contributed by atoms with van der Waals surface area (Å²) in [6.45, 7) is 6.55. The largest absolute Gasteiger partial charge is 0.417 e. The summed E-state index contributed by atoms with van der Waals surface area (Å²) in [7, 11) is 0. The van der Waals surface area contributed by atoms with Crippen molar-refractivity contribution < 1.29 is 13.2 Å². The quantitative estimate of drug-likeness (QED) is 0.896. The van der Waals surface area contributed by atoms with Crippen LogP contribution in [0.25, 0.3) is 0 Å². The van der Waals surface area contributed by atoms with Crippen molar-refractivity contribution in [1.82, 2.24) is 15.2 Å². The van der Waals surface area contributed by atoms with Gasteiger partial charge in [0, 0.05) is 38.9 Å². The number of aromatic nitrogens is 1. The molecule has 2 aliphatic heterocycles. The van der Waals surface area contributed by atoms with Gasteiger partial charge < -0.3 is 10.2 Å². The molecule has 0 amide bonds. The molecule has 0 saturated carbocycles. The van der Waals surface area contributed by atoms with E-state index < -0.39 is 11.7 Å². The molecule has 134 valence electrons. The van der Waals surface area contributed by atoms with Gasteiger partial charge in [-0.3, -0.25) is 4.90 Å². The molecule has 1 N–H and O–H groups in total. The third kappa shape index (κ3) is 4.32. The highest BCUT2D eigenvalue weighted by atomic mass is 35.5. The maximum absolute atomic E-state index is 12.7. The fraction of sp³-hybridized carbons (Fsp3) is 0.688. The summed E-state index contributed by atoms with van der Waals surface area (Å²) in [4.78, 5) is 8.36. The summed E-state index contributed by atoms with van der Waals surface area (Å²) in [6.07, 6.45) is -1.12. The van der Waals surface area contributed by atoms with Crippen LogP contribution in [0.2, 0.25) is 5.02 Å². The summed E-state index contributed by atoms with van der Waals surface area (Å²) in [5.74, 6) is 1.19. The van der Waals surface area contributed by atoms with Gasteiger partial charge >= 0.3 is 6.18 Å². The van der Waals surface area contributed by atoms with Crippen LogP contribution in [0, 0.1) is 5.92 Å². The topological polar surface area (TPSA) is 31.4 Å². The van der Waals surface area contributed by atoms with Crippen molar-refractivity contribution in [2.24, 2.45) is 5.92 Å². The lowest BCUT2D eigenvalue weighted by molar-refractivity contribution is -0.137. The Morgan fingerprint density at radius 3 is 2.42 bits per heavy atom. The first kappa shape index (κ1) is 17.8. The predicted octanol–water partition coefficient (Wildman–Crippen LogP) is 2.88. The van der Waals surface area contributed by atoms with E-state index >= 15 is 0 Å². The molecule has 3 heterocycles. The van der Waals surface area contributed by atoms with Gasteiger partial charge in [0.25, 0.3) is 0 Å². The van der Waals surface area contributed by atoms with Gasteiger partial charge in [0.15, 0.2) is 0 Å². The van der Waals surface area contributed by atoms with Gasteiger partial charge in [-0.1, -0.05) is 11.6 Å². The molecule has 2 aliphatic rings. The predicted molar refractivity (Wildman–Crippen MR) is 88.5 cm³/mol. The highest BCUT2D eigenvalue weighted by Crippen LogP contribution is 2.33. The van der Waals surface area contributed by atoms with Crippen molar-refractivity contribution >= 4 is 17.4 Å². The van der Waals surface area contributed by atoms with E-state index in [-0.39, 0.29) is 5.02 Å². The minimum absolute atomic E-state index is 0.0663. The number of alkyl halides is 3. The Kier molecular flexibility index (Phi) is 5.52. The van der Waals surface area contributed by atoms with Gasteiger partial charge in [-0.15, -0.1) is 0 Å².